The van der Waals surface area contributed by atoms with Gasteiger partial charge in [0.2, 0.25) is 0 Å². The molecule has 2 heterocycles. The van der Waals surface area contributed by atoms with E-state index in [1.807, 2.05) is 0 Å². The molecule has 2 saturated heterocycles. The summed E-state index contributed by atoms with van der Waals surface area (Å²) in [5, 5.41) is 0. The molecule has 0 saturated carbocycles. The third-order valence-corrected chi connectivity index (χ3v) is 3.43. The van der Waals surface area contributed by atoms with Crippen LogP contribution in [0.15, 0.2) is 0 Å². The van der Waals surface area contributed by atoms with Gasteiger partial charge in [0.05, 0.1) is 6.61 Å². The Kier molecular flexibility index (Phi) is 4.30. The maximum atomic E-state index is 11.5. The molecule has 20 heavy (non-hydrogen) atoms. The lowest BCUT2D eigenvalue weighted by molar-refractivity contribution is -0.0257. The van der Waals surface area contributed by atoms with Crippen LogP contribution in [0.25, 0.3) is 0 Å². The molecule has 0 spiro atoms. The van der Waals surface area contributed by atoms with Crippen LogP contribution in [-0.4, -0.2) is 58.9 Å². The standard InChI is InChI=1S/C9H12O10S/c1-2-16-20(12,13)19-7(5-3-14-8(10)17-5)6-4-15-9(11)18-6/h5-7H,2-4H2,1H3. The van der Waals surface area contributed by atoms with Crippen LogP contribution in [0.2, 0.25) is 0 Å². The molecular weight excluding hydrogens is 300 g/mol. The maximum absolute atomic E-state index is 11.5. The summed E-state index contributed by atoms with van der Waals surface area (Å²) in [6.07, 6.45) is -5.37. The van der Waals surface area contributed by atoms with E-state index < -0.39 is 41.0 Å². The van der Waals surface area contributed by atoms with Crippen molar-refractivity contribution in [3.8, 4) is 0 Å². The van der Waals surface area contributed by atoms with E-state index >= 15 is 0 Å². The predicted octanol–water partition coefficient (Wildman–Crippen LogP) is -0.276. The molecule has 0 amide bonds. The van der Waals surface area contributed by atoms with Gasteiger partial charge in [-0.3, -0.25) is 0 Å². The Morgan fingerprint density at radius 2 is 1.65 bits per heavy atom. The second-order valence-corrected chi connectivity index (χ2v) is 5.05. The zero-order chi connectivity index (χ0) is 14.8. The van der Waals surface area contributed by atoms with Crippen molar-refractivity contribution in [2.45, 2.75) is 25.2 Å². The Bertz CT molecular complexity index is 459. The zero-order valence-electron chi connectivity index (χ0n) is 10.3. The van der Waals surface area contributed by atoms with Gasteiger partial charge in [-0.05, 0) is 6.92 Å². The molecule has 0 aromatic rings. The van der Waals surface area contributed by atoms with Crippen LogP contribution >= 0.6 is 0 Å². The summed E-state index contributed by atoms with van der Waals surface area (Å²) in [5.74, 6) is 0. The summed E-state index contributed by atoms with van der Waals surface area (Å²) >= 11 is 0. The Morgan fingerprint density at radius 3 is 2.00 bits per heavy atom. The summed E-state index contributed by atoms with van der Waals surface area (Å²) < 4.78 is 50.8. The Hall–Kier alpha value is -1.59. The third kappa shape index (κ3) is 3.49. The van der Waals surface area contributed by atoms with Gasteiger partial charge in [0.25, 0.3) is 0 Å². The van der Waals surface area contributed by atoms with Gasteiger partial charge in [-0.25, -0.2) is 18.0 Å². The SMILES string of the molecule is CCOS(=O)(=O)OC(C1COC(=O)O1)C1COC(=O)O1. The molecule has 0 aliphatic carbocycles. The van der Waals surface area contributed by atoms with Crippen molar-refractivity contribution in [1.82, 2.24) is 0 Å². The van der Waals surface area contributed by atoms with E-state index in [2.05, 4.69) is 13.7 Å². The van der Waals surface area contributed by atoms with Crippen molar-refractivity contribution in [3.63, 3.8) is 0 Å². The molecule has 11 heteroatoms. The normalized spacial score (nSPS) is 27.4. The average molecular weight is 312 g/mol. The highest BCUT2D eigenvalue weighted by Crippen LogP contribution is 2.23. The summed E-state index contributed by atoms with van der Waals surface area (Å²) in [6, 6.07) is 0. The quantitative estimate of drug-likeness (QED) is 0.605. The fraction of sp³-hybridized carbons (Fsp3) is 0.778. The van der Waals surface area contributed by atoms with Gasteiger partial charge in [0.1, 0.15) is 13.2 Å². The molecule has 0 aromatic heterocycles. The Labute approximate surface area is 114 Å². The summed E-state index contributed by atoms with van der Waals surface area (Å²) in [7, 11) is -4.33. The smallest absolute Gasteiger partial charge is 0.430 e. The Balaban J connectivity index is 2.11. The van der Waals surface area contributed by atoms with Crippen molar-refractivity contribution in [1.29, 1.82) is 0 Å². The van der Waals surface area contributed by atoms with Crippen LogP contribution in [0.5, 0.6) is 0 Å². The predicted molar refractivity (Wildman–Crippen MR) is 57.9 cm³/mol. The first-order chi connectivity index (χ1) is 9.41. The van der Waals surface area contributed by atoms with E-state index in [1.54, 1.807) is 0 Å². The van der Waals surface area contributed by atoms with Crippen LogP contribution in [0.4, 0.5) is 9.59 Å². The molecule has 2 aliphatic rings. The first-order valence-corrected chi connectivity index (χ1v) is 6.99. The van der Waals surface area contributed by atoms with E-state index in [0.717, 1.165) is 0 Å². The van der Waals surface area contributed by atoms with Crippen LogP contribution < -0.4 is 0 Å². The van der Waals surface area contributed by atoms with Gasteiger partial charge in [0, 0.05) is 0 Å². The number of cyclic esters (lactones) is 4. The second kappa shape index (κ2) is 5.81. The van der Waals surface area contributed by atoms with Gasteiger partial charge < -0.3 is 18.9 Å². The second-order valence-electron chi connectivity index (χ2n) is 3.81. The number of carbonyl (C=O) groups excluding carboxylic acids is 2. The highest BCUT2D eigenvalue weighted by molar-refractivity contribution is 7.81. The van der Waals surface area contributed by atoms with Gasteiger partial charge in [-0.2, -0.15) is 8.42 Å². The number of hydrogen-bond acceptors (Lipinski definition) is 10. The van der Waals surface area contributed by atoms with Crippen LogP contribution in [0.3, 0.4) is 0 Å². The van der Waals surface area contributed by atoms with Crippen LogP contribution in [0.1, 0.15) is 6.92 Å². The first-order valence-electron chi connectivity index (χ1n) is 5.65. The lowest BCUT2D eigenvalue weighted by atomic mass is 10.1. The highest BCUT2D eigenvalue weighted by Gasteiger charge is 2.46. The fourth-order valence-corrected chi connectivity index (χ4v) is 2.54. The first kappa shape index (κ1) is 14.8. The summed E-state index contributed by atoms with van der Waals surface area (Å²) in [5.41, 5.74) is 0. The molecule has 10 nitrogen and oxygen atoms in total. The van der Waals surface area contributed by atoms with Crippen molar-refractivity contribution < 1.29 is 45.3 Å². The number of hydrogen-bond donors (Lipinski definition) is 0. The Morgan fingerprint density at radius 1 is 1.15 bits per heavy atom. The van der Waals surface area contributed by atoms with Crippen LogP contribution in [-0.2, 0) is 37.7 Å². The molecule has 2 aliphatic heterocycles. The van der Waals surface area contributed by atoms with Crippen molar-refractivity contribution >= 4 is 22.7 Å². The highest BCUT2D eigenvalue weighted by atomic mass is 32.3. The summed E-state index contributed by atoms with van der Waals surface area (Å²) in [4.78, 5) is 21.8. The molecule has 2 unspecified atom stereocenters. The molecular formula is C9H12O10S. The van der Waals surface area contributed by atoms with Crippen molar-refractivity contribution in [2.24, 2.45) is 0 Å². The molecule has 2 atom stereocenters. The molecule has 2 fully saturated rings. The van der Waals surface area contributed by atoms with E-state index in [9.17, 15) is 18.0 Å². The largest absolute Gasteiger partial charge is 0.508 e. The van der Waals surface area contributed by atoms with Crippen LogP contribution in [0, 0.1) is 0 Å². The van der Waals surface area contributed by atoms with Gasteiger partial charge in [-0.1, -0.05) is 0 Å². The molecule has 0 N–H and O–H groups in total. The molecule has 2 rings (SSSR count). The molecule has 0 bridgehead atoms. The number of ether oxygens (including phenoxy) is 4. The number of carbonyl (C=O) groups is 2. The van der Waals surface area contributed by atoms with E-state index in [4.69, 9.17) is 13.7 Å². The average Bonchev–Trinajstić information content (AvgIpc) is 2.95. The van der Waals surface area contributed by atoms with Crippen molar-refractivity contribution in [2.75, 3.05) is 19.8 Å². The lowest BCUT2D eigenvalue weighted by Crippen LogP contribution is -2.44. The zero-order valence-corrected chi connectivity index (χ0v) is 11.2. The fourth-order valence-electron chi connectivity index (χ4n) is 1.68. The monoisotopic (exact) mass is 312 g/mol. The van der Waals surface area contributed by atoms with Crippen molar-refractivity contribution in [3.05, 3.63) is 0 Å². The summed E-state index contributed by atoms with van der Waals surface area (Å²) in [6.45, 7) is 0.836. The van der Waals surface area contributed by atoms with E-state index in [1.165, 1.54) is 6.92 Å². The van der Waals surface area contributed by atoms with E-state index in [0.29, 0.717) is 0 Å². The van der Waals surface area contributed by atoms with Gasteiger partial charge >= 0.3 is 22.7 Å². The van der Waals surface area contributed by atoms with Gasteiger partial charge in [0.15, 0.2) is 18.3 Å². The van der Waals surface area contributed by atoms with Gasteiger partial charge in [-0.15, -0.1) is 0 Å². The minimum Gasteiger partial charge on any atom is -0.430 e. The molecule has 0 radical (unpaired) electrons. The maximum Gasteiger partial charge on any atom is 0.508 e. The minimum atomic E-state index is -4.33. The lowest BCUT2D eigenvalue weighted by Gasteiger charge is -2.23. The molecule has 0 aromatic carbocycles. The van der Waals surface area contributed by atoms with E-state index in [-0.39, 0.29) is 19.8 Å². The molecule has 114 valence electrons. The number of rotatable bonds is 6. The topological polar surface area (TPSA) is 124 Å². The third-order valence-electron chi connectivity index (χ3n) is 2.45. The minimum absolute atomic E-state index is 0.142.